The van der Waals surface area contributed by atoms with Crippen molar-refractivity contribution in [1.82, 2.24) is 9.80 Å². The van der Waals surface area contributed by atoms with Crippen molar-refractivity contribution in [3.05, 3.63) is 29.8 Å². The van der Waals surface area contributed by atoms with Crippen LogP contribution in [0.4, 0.5) is 4.79 Å². The van der Waals surface area contributed by atoms with Gasteiger partial charge >= 0.3 is 6.09 Å². The molecule has 0 radical (unpaired) electrons. The Morgan fingerprint density at radius 1 is 1.33 bits per heavy atom. The van der Waals surface area contributed by atoms with E-state index in [0.29, 0.717) is 31.0 Å². The van der Waals surface area contributed by atoms with Crippen LogP contribution in [-0.4, -0.2) is 62.4 Å². The number of carbonyl (C=O) groups is 1. The highest BCUT2D eigenvalue weighted by Crippen LogP contribution is 2.28. The average Bonchev–Trinajstić information content (AvgIpc) is 2.86. The summed E-state index contributed by atoms with van der Waals surface area (Å²) in [6, 6.07) is 6.88. The molecule has 27 heavy (non-hydrogen) atoms. The van der Waals surface area contributed by atoms with Gasteiger partial charge in [0, 0.05) is 32.2 Å². The average molecular weight is 394 g/mol. The van der Waals surface area contributed by atoms with Crippen LogP contribution in [0.5, 0.6) is 0 Å². The molecule has 2 aliphatic rings. The van der Waals surface area contributed by atoms with Crippen molar-refractivity contribution in [3.8, 4) is 0 Å². The maximum absolute atomic E-state index is 12.3. The van der Waals surface area contributed by atoms with E-state index in [2.05, 4.69) is 4.40 Å². The third-order valence-electron chi connectivity index (χ3n) is 4.68. The predicted octanol–water partition coefficient (Wildman–Crippen LogP) is 2.71. The van der Waals surface area contributed by atoms with Gasteiger partial charge in [0.1, 0.15) is 10.5 Å². The van der Waals surface area contributed by atoms with Crippen molar-refractivity contribution < 1.29 is 17.9 Å². The first-order valence-electron chi connectivity index (χ1n) is 9.20. The second-order valence-corrected chi connectivity index (χ2v) is 9.77. The molecule has 0 aromatic heterocycles. The van der Waals surface area contributed by atoms with Gasteiger partial charge in [0.15, 0.2) is 5.84 Å². The summed E-state index contributed by atoms with van der Waals surface area (Å²) in [5.41, 5.74) is 0.122. The van der Waals surface area contributed by atoms with Crippen LogP contribution >= 0.6 is 0 Å². The second-order valence-electron chi connectivity index (χ2n) is 8.20. The van der Waals surface area contributed by atoms with Gasteiger partial charge in [0.05, 0.1) is 0 Å². The number of amides is 1. The highest BCUT2D eigenvalue weighted by molar-refractivity contribution is 7.90. The van der Waals surface area contributed by atoms with E-state index in [-0.39, 0.29) is 16.9 Å². The zero-order valence-corrected chi connectivity index (χ0v) is 17.1. The smallest absolute Gasteiger partial charge is 0.410 e. The number of ether oxygens (including phenoxy) is 1. The van der Waals surface area contributed by atoms with Crippen molar-refractivity contribution in [2.24, 2.45) is 10.3 Å². The van der Waals surface area contributed by atoms with Gasteiger partial charge in [-0.15, -0.1) is 4.40 Å². The fourth-order valence-corrected chi connectivity index (χ4v) is 4.80. The zero-order valence-electron chi connectivity index (χ0n) is 16.3. The quantitative estimate of drug-likeness (QED) is 0.772. The number of likely N-dealkylation sites (tertiary alicyclic amines) is 1. The molecule has 3 rings (SSSR count). The van der Waals surface area contributed by atoms with Gasteiger partial charge in [0.25, 0.3) is 10.0 Å². The first-order chi connectivity index (χ1) is 12.6. The van der Waals surface area contributed by atoms with Crippen LogP contribution in [0.15, 0.2) is 33.6 Å². The third-order valence-corrected chi connectivity index (χ3v) is 6.00. The largest absolute Gasteiger partial charge is 0.444 e. The van der Waals surface area contributed by atoms with Crippen LogP contribution in [0.3, 0.4) is 0 Å². The van der Waals surface area contributed by atoms with Crippen molar-refractivity contribution in [1.29, 1.82) is 0 Å². The Labute approximate surface area is 161 Å². The predicted molar refractivity (Wildman–Crippen MR) is 103 cm³/mol. The summed E-state index contributed by atoms with van der Waals surface area (Å²) in [7, 11) is -1.77. The number of sulfonamides is 1. The molecule has 0 saturated carbocycles. The molecule has 2 heterocycles. The highest BCUT2D eigenvalue weighted by atomic mass is 32.2. The minimum Gasteiger partial charge on any atom is -0.444 e. The SMILES string of the molecule is CN(CC1CCCN(C(=O)OC(C)(C)C)C1)C1=NS(=O)(=O)c2ccccc21. The number of nitrogens with zero attached hydrogens (tertiary/aromatic N) is 3. The molecule has 7 nitrogen and oxygen atoms in total. The summed E-state index contributed by atoms with van der Waals surface area (Å²) in [5, 5.41) is 0. The van der Waals surface area contributed by atoms with Crippen molar-refractivity contribution in [2.45, 2.75) is 44.1 Å². The minimum absolute atomic E-state index is 0.231. The van der Waals surface area contributed by atoms with E-state index < -0.39 is 15.6 Å². The fraction of sp³-hybridized carbons (Fsp3) is 0.579. The Hall–Kier alpha value is -2.09. The first-order valence-corrected chi connectivity index (χ1v) is 10.6. The summed E-state index contributed by atoms with van der Waals surface area (Å²) in [6.45, 7) is 7.49. The molecule has 0 bridgehead atoms. The zero-order chi connectivity index (χ0) is 19.8. The van der Waals surface area contributed by atoms with Gasteiger partial charge in [-0.3, -0.25) is 0 Å². The van der Waals surface area contributed by atoms with Crippen molar-refractivity contribution in [3.63, 3.8) is 0 Å². The molecule has 1 saturated heterocycles. The lowest BCUT2D eigenvalue weighted by molar-refractivity contribution is 0.0158. The Morgan fingerprint density at radius 3 is 2.74 bits per heavy atom. The summed E-state index contributed by atoms with van der Waals surface area (Å²) < 4.78 is 33.9. The number of amidine groups is 1. The van der Waals surface area contributed by atoms with Gasteiger partial charge in [-0.05, 0) is 51.7 Å². The number of hydrogen-bond acceptors (Lipinski definition) is 5. The molecular weight excluding hydrogens is 366 g/mol. The Bertz CT molecular complexity index is 858. The molecule has 0 N–H and O–H groups in total. The molecule has 1 aromatic rings. The molecule has 148 valence electrons. The van der Waals surface area contributed by atoms with Crippen molar-refractivity contribution in [2.75, 3.05) is 26.7 Å². The molecule has 1 fully saturated rings. The minimum atomic E-state index is -3.62. The number of piperidine rings is 1. The molecule has 1 amide bonds. The Balaban J connectivity index is 1.68. The number of fused-ring (bicyclic) bond motifs is 1. The van der Waals surface area contributed by atoms with E-state index in [1.165, 1.54) is 0 Å². The van der Waals surface area contributed by atoms with Gasteiger partial charge < -0.3 is 14.5 Å². The maximum atomic E-state index is 12.3. The van der Waals surface area contributed by atoms with E-state index >= 15 is 0 Å². The number of rotatable bonds is 2. The molecule has 0 spiro atoms. The standard InChI is InChI=1S/C19H27N3O4S/c1-19(2,3)26-18(23)22-11-7-8-14(13-22)12-21(4)17-15-9-5-6-10-16(15)27(24,25)20-17/h5-6,9-10,14H,7-8,11-13H2,1-4H3. The lowest BCUT2D eigenvalue weighted by Gasteiger charge is -2.36. The topological polar surface area (TPSA) is 79.3 Å². The monoisotopic (exact) mass is 393 g/mol. The van der Waals surface area contributed by atoms with E-state index in [0.717, 1.165) is 12.8 Å². The molecule has 1 aromatic carbocycles. The number of hydrogen-bond donors (Lipinski definition) is 0. The molecule has 1 atom stereocenters. The van der Waals surface area contributed by atoms with Gasteiger partial charge in [-0.25, -0.2) is 4.79 Å². The van der Waals surface area contributed by atoms with Crippen molar-refractivity contribution >= 4 is 22.0 Å². The lowest BCUT2D eigenvalue weighted by Crippen LogP contribution is -2.45. The van der Waals surface area contributed by atoms with Crippen LogP contribution in [0.2, 0.25) is 0 Å². The molecule has 8 heteroatoms. The summed E-state index contributed by atoms with van der Waals surface area (Å²) in [6.07, 6.45) is 1.59. The fourth-order valence-electron chi connectivity index (χ4n) is 3.54. The lowest BCUT2D eigenvalue weighted by atomic mass is 9.97. The number of carbonyl (C=O) groups excluding carboxylic acids is 1. The van der Waals surface area contributed by atoms with Crippen LogP contribution in [0.25, 0.3) is 0 Å². The van der Waals surface area contributed by atoms with Gasteiger partial charge in [0.2, 0.25) is 0 Å². The van der Waals surface area contributed by atoms with E-state index in [1.54, 1.807) is 23.1 Å². The van der Waals surface area contributed by atoms with E-state index in [1.807, 2.05) is 38.8 Å². The molecule has 1 unspecified atom stereocenters. The van der Waals surface area contributed by atoms with Gasteiger partial charge in [-0.1, -0.05) is 12.1 Å². The first kappa shape index (κ1) is 19.7. The second kappa shape index (κ2) is 7.14. The molecular formula is C19H27N3O4S. The van der Waals surface area contributed by atoms with Crippen LogP contribution in [0.1, 0.15) is 39.2 Å². The maximum Gasteiger partial charge on any atom is 0.410 e. The molecule has 0 aliphatic carbocycles. The van der Waals surface area contributed by atoms with E-state index in [4.69, 9.17) is 4.74 Å². The summed E-state index contributed by atoms with van der Waals surface area (Å²) in [4.78, 5) is 16.2. The molecule has 2 aliphatic heterocycles. The van der Waals surface area contributed by atoms with E-state index in [9.17, 15) is 13.2 Å². The third kappa shape index (κ3) is 4.43. The Kier molecular flexibility index (Phi) is 5.20. The van der Waals surface area contributed by atoms with Gasteiger partial charge in [-0.2, -0.15) is 8.42 Å². The van der Waals surface area contributed by atoms with Crippen LogP contribution in [0, 0.1) is 5.92 Å². The summed E-state index contributed by atoms with van der Waals surface area (Å²) >= 11 is 0. The summed E-state index contributed by atoms with van der Waals surface area (Å²) in [5.74, 6) is 0.703. The normalized spacial score (nSPS) is 21.4. The highest BCUT2D eigenvalue weighted by Gasteiger charge is 2.33. The van der Waals surface area contributed by atoms with Crippen LogP contribution in [-0.2, 0) is 14.8 Å². The number of benzene rings is 1. The van der Waals surface area contributed by atoms with Crippen LogP contribution < -0.4 is 0 Å². The Morgan fingerprint density at radius 2 is 2.04 bits per heavy atom.